The van der Waals surface area contributed by atoms with Gasteiger partial charge in [-0.05, 0) is 59.3 Å². The van der Waals surface area contributed by atoms with Crippen LogP contribution in [0.5, 0.6) is 0 Å². The Balaban J connectivity index is 4.55. The van der Waals surface area contributed by atoms with Crippen molar-refractivity contribution in [2.75, 3.05) is 6.61 Å². The lowest BCUT2D eigenvalue weighted by atomic mass is 10.9. The summed E-state index contributed by atoms with van der Waals surface area (Å²) in [5.74, 6) is 0. The van der Waals surface area contributed by atoms with Gasteiger partial charge in [0.25, 0.3) is 0 Å². The lowest BCUT2D eigenvalue weighted by Gasteiger charge is -2.38. The first-order chi connectivity index (χ1) is 7.89. The average Bonchev–Trinajstić information content (AvgIpc) is 1.93. The Morgan fingerprint density at radius 3 is 1.61 bits per heavy atom. The highest BCUT2D eigenvalue weighted by molar-refractivity contribution is 6.86. The maximum atomic E-state index is 6.23. The van der Waals surface area contributed by atoms with Crippen molar-refractivity contribution in [3.63, 3.8) is 0 Å². The Labute approximate surface area is 117 Å². The van der Waals surface area contributed by atoms with E-state index in [1.165, 1.54) is 0 Å². The molecule has 0 aliphatic rings. The maximum absolute atomic E-state index is 6.23. The summed E-state index contributed by atoms with van der Waals surface area (Å²) in [7, 11) is -7.06. The van der Waals surface area contributed by atoms with Crippen molar-refractivity contribution in [2.45, 2.75) is 59.3 Å². The molecule has 0 saturated heterocycles. The predicted molar refractivity (Wildman–Crippen MR) is 84.8 cm³/mol. The summed E-state index contributed by atoms with van der Waals surface area (Å²) in [6, 6.07) is 0. The monoisotopic (exact) mass is 325 g/mol. The second-order valence-electron chi connectivity index (χ2n) is 5.85. The minimum atomic E-state index is -2.19. The van der Waals surface area contributed by atoms with Gasteiger partial charge in [0.2, 0.25) is 0 Å². The summed E-state index contributed by atoms with van der Waals surface area (Å²) in [4.78, 5) is 0. The highest BCUT2D eigenvalue weighted by atomic mass is 28.5. The Bertz CT molecular complexity index is 256. The van der Waals surface area contributed by atoms with Gasteiger partial charge >= 0.3 is 25.7 Å². The SMILES string of the molecule is CCO[Si](C)(C)O[Si](C)(C)O[Si](C)(C)O[Si](C)C. The van der Waals surface area contributed by atoms with Crippen molar-refractivity contribution in [1.29, 1.82) is 0 Å². The lowest BCUT2D eigenvalue weighted by Crippen LogP contribution is -2.55. The average molecular weight is 326 g/mol. The van der Waals surface area contributed by atoms with E-state index in [4.69, 9.17) is 16.8 Å². The summed E-state index contributed by atoms with van der Waals surface area (Å²) < 4.78 is 24.1. The lowest BCUT2D eigenvalue weighted by molar-refractivity contribution is 0.236. The van der Waals surface area contributed by atoms with Crippen LogP contribution < -0.4 is 0 Å². The summed E-state index contributed by atoms with van der Waals surface area (Å²) in [5, 5.41) is 0. The van der Waals surface area contributed by atoms with E-state index < -0.39 is 34.7 Å². The van der Waals surface area contributed by atoms with Crippen LogP contribution in [0.2, 0.25) is 52.4 Å². The number of hydrogen-bond donors (Lipinski definition) is 0. The molecular formula is C10H29O4Si4. The predicted octanol–water partition coefficient (Wildman–Crippen LogP) is 3.43. The van der Waals surface area contributed by atoms with Gasteiger partial charge in [0, 0.05) is 6.61 Å². The third-order valence-corrected chi connectivity index (χ3v) is 14.4. The molecular weight excluding hydrogens is 296 g/mol. The fraction of sp³-hybridized carbons (Fsp3) is 1.00. The Morgan fingerprint density at radius 1 is 0.778 bits per heavy atom. The van der Waals surface area contributed by atoms with Crippen LogP contribution in [-0.2, 0) is 16.8 Å². The van der Waals surface area contributed by atoms with E-state index in [2.05, 4.69) is 52.4 Å². The Hall–Kier alpha value is 0.708. The molecule has 0 aromatic rings. The van der Waals surface area contributed by atoms with Gasteiger partial charge in [0.1, 0.15) is 0 Å². The normalized spacial score (nSPS) is 14.3. The van der Waals surface area contributed by atoms with E-state index in [9.17, 15) is 0 Å². The fourth-order valence-corrected chi connectivity index (χ4v) is 17.5. The zero-order valence-corrected chi connectivity index (χ0v) is 17.3. The molecule has 4 nitrogen and oxygen atoms in total. The van der Waals surface area contributed by atoms with Crippen LogP contribution in [0, 0.1) is 0 Å². The molecule has 1 radical (unpaired) electrons. The van der Waals surface area contributed by atoms with Crippen LogP contribution in [0.15, 0.2) is 0 Å². The van der Waals surface area contributed by atoms with E-state index in [1.807, 2.05) is 6.92 Å². The van der Waals surface area contributed by atoms with Gasteiger partial charge in [-0.3, -0.25) is 0 Å². The molecule has 109 valence electrons. The summed E-state index contributed by atoms with van der Waals surface area (Å²) >= 11 is 0. The first-order valence-corrected chi connectivity index (χ1v) is 17.3. The van der Waals surface area contributed by atoms with Crippen LogP contribution in [-0.4, -0.2) is 41.3 Å². The molecule has 0 bridgehead atoms. The van der Waals surface area contributed by atoms with Crippen molar-refractivity contribution in [1.82, 2.24) is 0 Å². The van der Waals surface area contributed by atoms with Gasteiger partial charge in [0.15, 0.2) is 9.04 Å². The molecule has 0 unspecified atom stereocenters. The minimum absolute atomic E-state index is 0.693. The molecule has 0 heterocycles. The maximum Gasteiger partial charge on any atom is 0.322 e. The Kier molecular flexibility index (Phi) is 7.20. The zero-order valence-electron chi connectivity index (χ0n) is 13.3. The summed E-state index contributed by atoms with van der Waals surface area (Å²) in [6.45, 7) is 19.4. The first-order valence-electron chi connectivity index (χ1n) is 6.42. The van der Waals surface area contributed by atoms with Crippen LogP contribution in [0.25, 0.3) is 0 Å². The number of rotatable bonds is 8. The van der Waals surface area contributed by atoms with E-state index in [0.29, 0.717) is 6.61 Å². The first kappa shape index (κ1) is 18.7. The van der Waals surface area contributed by atoms with E-state index in [-0.39, 0.29) is 0 Å². The molecule has 8 heteroatoms. The molecule has 0 aromatic carbocycles. The molecule has 0 saturated carbocycles. The van der Waals surface area contributed by atoms with Gasteiger partial charge in [-0.2, -0.15) is 0 Å². The molecule has 0 spiro atoms. The summed E-state index contributed by atoms with van der Waals surface area (Å²) in [5.41, 5.74) is 0. The van der Waals surface area contributed by atoms with Crippen LogP contribution in [0.4, 0.5) is 0 Å². The van der Waals surface area contributed by atoms with Gasteiger partial charge in [-0.1, -0.05) is 0 Å². The van der Waals surface area contributed by atoms with Gasteiger partial charge in [-0.25, -0.2) is 0 Å². The molecule has 18 heavy (non-hydrogen) atoms. The van der Waals surface area contributed by atoms with E-state index in [1.54, 1.807) is 0 Å². The van der Waals surface area contributed by atoms with Gasteiger partial charge in [-0.15, -0.1) is 0 Å². The molecule has 0 amide bonds. The number of hydrogen-bond acceptors (Lipinski definition) is 4. The zero-order chi connectivity index (χ0) is 14.6. The highest BCUT2D eigenvalue weighted by Gasteiger charge is 2.41. The smallest absolute Gasteiger partial charge is 0.322 e. The van der Waals surface area contributed by atoms with E-state index in [0.717, 1.165) is 0 Å². The third kappa shape index (κ3) is 8.75. The second kappa shape index (κ2) is 6.93. The molecule has 0 aliphatic carbocycles. The van der Waals surface area contributed by atoms with Crippen molar-refractivity contribution in [3.8, 4) is 0 Å². The molecule has 0 fully saturated rings. The van der Waals surface area contributed by atoms with Crippen molar-refractivity contribution >= 4 is 34.7 Å². The second-order valence-corrected chi connectivity index (χ2v) is 18.8. The quantitative estimate of drug-likeness (QED) is 0.641. The van der Waals surface area contributed by atoms with Gasteiger partial charge in [0.05, 0.1) is 0 Å². The molecule has 0 rings (SSSR count). The standard InChI is InChI=1S/C10H29O4Si4/c1-10-11-16(4,5)13-18(8,9)14-17(6,7)12-15(2)3/h10H2,1-9H3. The Morgan fingerprint density at radius 2 is 1.22 bits per heavy atom. The van der Waals surface area contributed by atoms with Crippen molar-refractivity contribution < 1.29 is 16.8 Å². The van der Waals surface area contributed by atoms with Gasteiger partial charge < -0.3 is 16.8 Å². The minimum Gasteiger partial charge on any atom is -0.437 e. The van der Waals surface area contributed by atoms with Crippen molar-refractivity contribution in [2.24, 2.45) is 0 Å². The third-order valence-electron chi connectivity index (χ3n) is 1.93. The van der Waals surface area contributed by atoms with Crippen LogP contribution >= 0.6 is 0 Å². The summed E-state index contributed by atoms with van der Waals surface area (Å²) in [6.07, 6.45) is 0. The molecule has 0 aliphatic heterocycles. The molecule has 0 N–H and O–H groups in total. The van der Waals surface area contributed by atoms with Crippen molar-refractivity contribution in [3.05, 3.63) is 0 Å². The van der Waals surface area contributed by atoms with Crippen LogP contribution in [0.1, 0.15) is 6.92 Å². The van der Waals surface area contributed by atoms with E-state index >= 15 is 0 Å². The molecule has 0 atom stereocenters. The largest absolute Gasteiger partial charge is 0.437 e. The van der Waals surface area contributed by atoms with Crippen LogP contribution in [0.3, 0.4) is 0 Å². The fourth-order valence-electron chi connectivity index (χ4n) is 2.09. The highest BCUT2D eigenvalue weighted by Crippen LogP contribution is 2.22. The molecule has 0 aromatic heterocycles. The topological polar surface area (TPSA) is 36.9 Å².